The van der Waals surface area contributed by atoms with Crippen LogP contribution < -0.4 is 20.1 Å². The van der Waals surface area contributed by atoms with E-state index in [-0.39, 0.29) is 24.5 Å². The van der Waals surface area contributed by atoms with Gasteiger partial charge in [0.2, 0.25) is 0 Å². The van der Waals surface area contributed by atoms with Crippen molar-refractivity contribution in [3.8, 4) is 11.5 Å². The summed E-state index contributed by atoms with van der Waals surface area (Å²) in [5, 5.41) is 5.61. The number of amides is 2. The first-order valence-electron chi connectivity index (χ1n) is 8.48. The van der Waals surface area contributed by atoms with E-state index in [1.165, 1.54) is 7.11 Å². The number of methoxy groups -OCH3 is 1. The first-order valence-corrected chi connectivity index (χ1v) is 9.55. The SMILES string of the molecule is COc1cc(C(=O)Nc2ccc(C)c(I)c2)ccc1OCC(=O)NC(C)C. The zero-order chi connectivity index (χ0) is 20.0. The van der Waals surface area contributed by atoms with Crippen LogP contribution in [-0.4, -0.2) is 31.6 Å². The molecule has 144 valence electrons. The summed E-state index contributed by atoms with van der Waals surface area (Å²) < 4.78 is 11.9. The lowest BCUT2D eigenvalue weighted by Crippen LogP contribution is -2.34. The molecule has 0 aliphatic heterocycles. The van der Waals surface area contributed by atoms with Crippen LogP contribution in [0, 0.1) is 10.5 Å². The van der Waals surface area contributed by atoms with Crippen molar-refractivity contribution in [2.24, 2.45) is 0 Å². The Bertz CT molecular complexity index is 837. The van der Waals surface area contributed by atoms with E-state index in [1.54, 1.807) is 18.2 Å². The molecule has 0 fully saturated rings. The van der Waals surface area contributed by atoms with Gasteiger partial charge in [0, 0.05) is 20.9 Å². The van der Waals surface area contributed by atoms with Crippen LogP contribution in [0.4, 0.5) is 5.69 Å². The van der Waals surface area contributed by atoms with Gasteiger partial charge in [0.25, 0.3) is 11.8 Å². The summed E-state index contributed by atoms with van der Waals surface area (Å²) in [7, 11) is 1.49. The predicted octanol–water partition coefficient (Wildman–Crippen LogP) is 3.76. The average Bonchev–Trinajstić information content (AvgIpc) is 2.62. The molecule has 0 unspecified atom stereocenters. The molecule has 0 heterocycles. The fourth-order valence-corrected chi connectivity index (χ4v) is 2.82. The fourth-order valence-electron chi connectivity index (χ4n) is 2.31. The summed E-state index contributed by atoms with van der Waals surface area (Å²) in [6.45, 7) is 5.64. The van der Waals surface area contributed by atoms with Gasteiger partial charge in [-0.1, -0.05) is 6.07 Å². The second-order valence-corrected chi connectivity index (χ2v) is 7.46. The van der Waals surface area contributed by atoms with E-state index in [0.29, 0.717) is 17.1 Å². The molecule has 0 aliphatic carbocycles. The molecular weight excluding hydrogens is 459 g/mol. The number of ether oxygens (including phenoxy) is 2. The zero-order valence-corrected chi connectivity index (χ0v) is 17.9. The van der Waals surface area contributed by atoms with E-state index >= 15 is 0 Å². The molecule has 2 N–H and O–H groups in total. The quantitative estimate of drug-likeness (QED) is 0.590. The second kappa shape index (κ2) is 9.59. The number of aryl methyl sites for hydroxylation is 1. The van der Waals surface area contributed by atoms with Crippen molar-refractivity contribution in [2.75, 3.05) is 19.0 Å². The lowest BCUT2D eigenvalue weighted by Gasteiger charge is -2.13. The molecule has 2 amide bonds. The van der Waals surface area contributed by atoms with Crippen molar-refractivity contribution in [3.63, 3.8) is 0 Å². The number of hydrogen-bond acceptors (Lipinski definition) is 4. The molecule has 0 aliphatic rings. The van der Waals surface area contributed by atoms with Crippen molar-refractivity contribution in [1.82, 2.24) is 5.32 Å². The van der Waals surface area contributed by atoms with Gasteiger partial charge >= 0.3 is 0 Å². The Kier molecular flexibility index (Phi) is 7.46. The summed E-state index contributed by atoms with van der Waals surface area (Å²) in [6.07, 6.45) is 0. The van der Waals surface area contributed by atoms with Gasteiger partial charge in [-0.05, 0) is 79.3 Å². The molecule has 2 aromatic carbocycles. The lowest BCUT2D eigenvalue weighted by molar-refractivity contribution is -0.123. The van der Waals surface area contributed by atoms with Crippen molar-refractivity contribution < 1.29 is 19.1 Å². The number of benzene rings is 2. The van der Waals surface area contributed by atoms with Crippen molar-refractivity contribution in [2.45, 2.75) is 26.8 Å². The van der Waals surface area contributed by atoms with Crippen LogP contribution in [0.25, 0.3) is 0 Å². The van der Waals surface area contributed by atoms with Gasteiger partial charge in [0.15, 0.2) is 18.1 Å². The van der Waals surface area contributed by atoms with Crippen LogP contribution in [-0.2, 0) is 4.79 Å². The van der Waals surface area contributed by atoms with Crippen molar-refractivity contribution in [1.29, 1.82) is 0 Å². The highest BCUT2D eigenvalue weighted by Crippen LogP contribution is 2.28. The van der Waals surface area contributed by atoms with Crippen LogP contribution in [0.15, 0.2) is 36.4 Å². The molecule has 7 heteroatoms. The Morgan fingerprint density at radius 1 is 1.11 bits per heavy atom. The molecule has 2 aromatic rings. The number of rotatable bonds is 7. The van der Waals surface area contributed by atoms with Gasteiger partial charge < -0.3 is 20.1 Å². The van der Waals surface area contributed by atoms with Gasteiger partial charge in [-0.3, -0.25) is 9.59 Å². The van der Waals surface area contributed by atoms with E-state index in [1.807, 2.05) is 39.0 Å². The Morgan fingerprint density at radius 3 is 2.48 bits per heavy atom. The van der Waals surface area contributed by atoms with Crippen LogP contribution in [0.1, 0.15) is 29.8 Å². The minimum absolute atomic E-state index is 0.0407. The number of hydrogen-bond donors (Lipinski definition) is 2. The summed E-state index contributed by atoms with van der Waals surface area (Å²) in [5.74, 6) is 0.316. The third-order valence-corrected chi connectivity index (χ3v) is 4.83. The zero-order valence-electron chi connectivity index (χ0n) is 15.8. The van der Waals surface area contributed by atoms with Crippen LogP contribution >= 0.6 is 22.6 Å². The van der Waals surface area contributed by atoms with E-state index in [2.05, 4.69) is 33.2 Å². The molecule has 0 saturated carbocycles. The van der Waals surface area contributed by atoms with Crippen molar-refractivity contribution in [3.05, 3.63) is 51.1 Å². The summed E-state index contributed by atoms with van der Waals surface area (Å²) in [4.78, 5) is 24.2. The van der Waals surface area contributed by atoms with Crippen LogP contribution in [0.3, 0.4) is 0 Å². The summed E-state index contributed by atoms with van der Waals surface area (Å²) in [5.41, 5.74) is 2.30. The molecule has 0 radical (unpaired) electrons. The predicted molar refractivity (Wildman–Crippen MR) is 114 cm³/mol. The summed E-state index contributed by atoms with van der Waals surface area (Å²) in [6, 6.07) is 10.6. The Balaban J connectivity index is 2.08. The van der Waals surface area contributed by atoms with Gasteiger partial charge in [0.05, 0.1) is 7.11 Å². The summed E-state index contributed by atoms with van der Waals surface area (Å²) >= 11 is 2.23. The van der Waals surface area contributed by atoms with E-state index in [9.17, 15) is 9.59 Å². The number of anilines is 1. The average molecular weight is 482 g/mol. The third-order valence-electron chi connectivity index (χ3n) is 3.66. The Labute approximate surface area is 172 Å². The van der Waals surface area contributed by atoms with Gasteiger partial charge in [-0.2, -0.15) is 0 Å². The smallest absolute Gasteiger partial charge is 0.258 e. The normalized spacial score (nSPS) is 10.4. The molecular formula is C20H23IN2O4. The van der Waals surface area contributed by atoms with Gasteiger partial charge in [-0.15, -0.1) is 0 Å². The Hall–Kier alpha value is -2.29. The number of carbonyl (C=O) groups excluding carboxylic acids is 2. The van der Waals surface area contributed by atoms with Gasteiger partial charge in [-0.25, -0.2) is 0 Å². The highest BCUT2D eigenvalue weighted by molar-refractivity contribution is 14.1. The maximum absolute atomic E-state index is 12.5. The Morgan fingerprint density at radius 2 is 1.85 bits per heavy atom. The largest absolute Gasteiger partial charge is 0.493 e. The minimum atomic E-state index is -0.253. The highest BCUT2D eigenvalue weighted by atomic mass is 127. The molecule has 0 atom stereocenters. The molecule has 0 aromatic heterocycles. The maximum atomic E-state index is 12.5. The highest BCUT2D eigenvalue weighted by Gasteiger charge is 2.13. The monoisotopic (exact) mass is 482 g/mol. The van der Waals surface area contributed by atoms with E-state index < -0.39 is 0 Å². The molecule has 0 bridgehead atoms. The molecule has 0 spiro atoms. The second-order valence-electron chi connectivity index (χ2n) is 6.29. The minimum Gasteiger partial charge on any atom is -0.493 e. The fraction of sp³-hybridized carbons (Fsp3) is 0.300. The van der Waals surface area contributed by atoms with Crippen LogP contribution in [0.5, 0.6) is 11.5 Å². The van der Waals surface area contributed by atoms with Crippen molar-refractivity contribution >= 4 is 40.1 Å². The van der Waals surface area contributed by atoms with E-state index in [0.717, 1.165) is 14.8 Å². The number of carbonyl (C=O) groups is 2. The first kappa shape index (κ1) is 21.0. The number of halogens is 1. The van der Waals surface area contributed by atoms with Crippen LogP contribution in [0.2, 0.25) is 0 Å². The molecule has 6 nitrogen and oxygen atoms in total. The first-order chi connectivity index (χ1) is 12.8. The molecule has 27 heavy (non-hydrogen) atoms. The standard InChI is InChI=1S/C20H23IN2O4/c1-12(2)22-19(24)11-27-17-8-6-14(9-18(17)26-4)20(25)23-15-7-5-13(3)16(21)10-15/h5-10,12H,11H2,1-4H3,(H,22,24)(H,23,25). The topological polar surface area (TPSA) is 76.7 Å². The van der Waals surface area contributed by atoms with Gasteiger partial charge in [0.1, 0.15) is 0 Å². The number of nitrogens with one attached hydrogen (secondary N) is 2. The lowest BCUT2D eigenvalue weighted by atomic mass is 10.1. The third kappa shape index (κ3) is 6.13. The maximum Gasteiger partial charge on any atom is 0.258 e. The van der Waals surface area contributed by atoms with E-state index in [4.69, 9.17) is 9.47 Å². The molecule has 2 rings (SSSR count). The molecule has 0 saturated heterocycles.